The third kappa shape index (κ3) is 4.07. The molecule has 2 nitrogen and oxygen atoms in total. The van der Waals surface area contributed by atoms with Crippen LogP contribution in [0.3, 0.4) is 0 Å². The van der Waals surface area contributed by atoms with Crippen molar-refractivity contribution in [3.63, 3.8) is 0 Å². The van der Waals surface area contributed by atoms with Crippen molar-refractivity contribution in [2.24, 2.45) is 0 Å². The highest BCUT2D eigenvalue weighted by Gasteiger charge is 2.32. The van der Waals surface area contributed by atoms with Gasteiger partial charge in [-0.3, -0.25) is 0 Å². The van der Waals surface area contributed by atoms with Crippen molar-refractivity contribution in [2.45, 2.75) is 72.8 Å². The lowest BCUT2D eigenvalue weighted by Crippen LogP contribution is -2.30. The maximum atomic E-state index is 2.46. The first-order valence-electron chi connectivity index (χ1n) is 14.2. The van der Waals surface area contributed by atoms with E-state index in [1.807, 2.05) is 0 Å². The van der Waals surface area contributed by atoms with E-state index in [1.165, 1.54) is 67.2 Å². The van der Waals surface area contributed by atoms with Crippen molar-refractivity contribution >= 4 is 5.57 Å². The van der Waals surface area contributed by atoms with Gasteiger partial charge in [-0.1, -0.05) is 75.7 Å². The summed E-state index contributed by atoms with van der Waals surface area (Å²) in [5.41, 5.74) is 15.2. The average Bonchev–Trinajstić information content (AvgIpc) is 3.47. The lowest BCUT2D eigenvalue weighted by Gasteiger charge is -2.21. The smallest absolute Gasteiger partial charge is 0.225 e. The summed E-state index contributed by atoms with van der Waals surface area (Å²) in [4.78, 5) is 0. The highest BCUT2D eigenvalue weighted by molar-refractivity contribution is 5.84. The fraction of sp³-hybridized carbons (Fsp3) is 0.306. The number of benzene rings is 3. The predicted octanol–water partition coefficient (Wildman–Crippen LogP) is 9.22. The number of nitrogens with zero attached hydrogens (tertiary/aromatic N) is 2. The second kappa shape index (κ2) is 9.58. The van der Waals surface area contributed by atoms with Crippen molar-refractivity contribution in [3.05, 3.63) is 113 Å². The van der Waals surface area contributed by atoms with E-state index in [1.54, 1.807) is 0 Å². The molecule has 0 atom stereocenters. The molecular formula is C36H39N2+. The molecule has 4 aromatic rings. The van der Waals surface area contributed by atoms with Crippen LogP contribution in [-0.4, -0.2) is 4.57 Å². The summed E-state index contributed by atoms with van der Waals surface area (Å²) < 4.78 is 4.85. The van der Waals surface area contributed by atoms with E-state index < -0.39 is 0 Å². The van der Waals surface area contributed by atoms with Crippen molar-refractivity contribution < 1.29 is 4.57 Å². The standard InChI is InChI=1S/C36H39N2/c1-23(2)32-20-30(27-14-10-15-28(19-27)34-25(5)11-9-12-26(34)6)21-33(24(3)4)35(32)38-18-17-37-22-29-13-7-8-16-31(29)36(37)38/h7-8,10-11,13-21,23-24H,9,12,22H2,1-6H3/q+1. The summed E-state index contributed by atoms with van der Waals surface area (Å²) in [7, 11) is 0. The van der Waals surface area contributed by atoms with Crippen LogP contribution in [-0.2, 0) is 6.54 Å². The molecule has 6 rings (SSSR count). The summed E-state index contributed by atoms with van der Waals surface area (Å²) in [5.74, 6) is 2.10. The fourth-order valence-electron chi connectivity index (χ4n) is 6.48. The van der Waals surface area contributed by atoms with Gasteiger partial charge < -0.3 is 0 Å². The van der Waals surface area contributed by atoms with E-state index in [4.69, 9.17) is 0 Å². The van der Waals surface area contributed by atoms with Crippen LogP contribution < -0.4 is 4.57 Å². The van der Waals surface area contributed by atoms with Crippen LogP contribution in [0.25, 0.3) is 33.8 Å². The Kier molecular flexibility index (Phi) is 6.22. The summed E-state index contributed by atoms with van der Waals surface area (Å²) in [6, 6.07) is 23.0. The van der Waals surface area contributed by atoms with E-state index in [0.29, 0.717) is 11.8 Å². The normalized spacial score (nSPS) is 14.8. The van der Waals surface area contributed by atoms with E-state index in [2.05, 4.69) is 130 Å². The van der Waals surface area contributed by atoms with E-state index in [9.17, 15) is 0 Å². The second-order valence-corrected chi connectivity index (χ2v) is 11.8. The van der Waals surface area contributed by atoms with Gasteiger partial charge in [-0.2, -0.15) is 4.57 Å². The van der Waals surface area contributed by atoms with E-state index >= 15 is 0 Å². The van der Waals surface area contributed by atoms with Crippen molar-refractivity contribution in [1.29, 1.82) is 0 Å². The number of rotatable bonds is 5. The highest BCUT2D eigenvalue weighted by atomic mass is 15.2. The first kappa shape index (κ1) is 24.7. The maximum absolute atomic E-state index is 2.46. The molecule has 38 heavy (non-hydrogen) atoms. The van der Waals surface area contributed by atoms with Gasteiger partial charge >= 0.3 is 0 Å². The van der Waals surface area contributed by atoms with Gasteiger partial charge in [-0.05, 0) is 90.6 Å². The molecule has 2 heterocycles. The minimum Gasteiger partial charge on any atom is -0.225 e. The second-order valence-electron chi connectivity index (χ2n) is 11.8. The highest BCUT2D eigenvalue weighted by Crippen LogP contribution is 2.40. The zero-order valence-electron chi connectivity index (χ0n) is 23.7. The topological polar surface area (TPSA) is 8.81 Å². The molecule has 0 unspecified atom stereocenters. The molecule has 0 fully saturated rings. The third-order valence-corrected chi connectivity index (χ3v) is 8.42. The van der Waals surface area contributed by atoms with Gasteiger partial charge in [-0.25, -0.2) is 4.57 Å². The minimum atomic E-state index is 0.402. The molecule has 0 spiro atoms. The zero-order chi connectivity index (χ0) is 26.6. The van der Waals surface area contributed by atoms with Crippen molar-refractivity contribution in [1.82, 2.24) is 4.57 Å². The number of fused-ring (bicyclic) bond motifs is 3. The van der Waals surface area contributed by atoms with Crippen LogP contribution >= 0.6 is 0 Å². The number of allylic oxidation sites excluding steroid dienone is 4. The molecule has 192 valence electrons. The molecule has 2 heteroatoms. The summed E-state index contributed by atoms with van der Waals surface area (Å²) >= 11 is 0. The summed E-state index contributed by atoms with van der Waals surface area (Å²) in [5, 5.41) is 0. The number of aromatic nitrogens is 2. The quantitative estimate of drug-likeness (QED) is 0.213. The molecule has 1 aliphatic carbocycles. The van der Waals surface area contributed by atoms with Crippen molar-refractivity contribution in [2.75, 3.05) is 0 Å². The molecule has 1 aliphatic heterocycles. The van der Waals surface area contributed by atoms with Crippen LogP contribution in [0.4, 0.5) is 0 Å². The minimum absolute atomic E-state index is 0.402. The Hall–Kier alpha value is -3.65. The lowest BCUT2D eigenvalue weighted by molar-refractivity contribution is -0.671. The first-order valence-corrected chi connectivity index (χ1v) is 14.2. The Bertz CT molecular complexity index is 1580. The van der Waals surface area contributed by atoms with Gasteiger partial charge in [-0.15, -0.1) is 0 Å². The van der Waals surface area contributed by atoms with Gasteiger partial charge in [0, 0.05) is 16.7 Å². The molecule has 0 saturated heterocycles. The lowest BCUT2D eigenvalue weighted by atomic mass is 9.85. The molecule has 3 aromatic carbocycles. The van der Waals surface area contributed by atoms with Crippen LogP contribution in [0, 0.1) is 0 Å². The molecule has 0 bridgehead atoms. The van der Waals surface area contributed by atoms with Gasteiger partial charge in [0.15, 0.2) is 0 Å². The molecular weight excluding hydrogens is 460 g/mol. The van der Waals surface area contributed by atoms with E-state index in [0.717, 1.165) is 19.4 Å². The Balaban J connectivity index is 1.54. The van der Waals surface area contributed by atoms with Crippen LogP contribution in [0.15, 0.2) is 90.3 Å². The van der Waals surface area contributed by atoms with Gasteiger partial charge in [0.1, 0.15) is 24.6 Å². The van der Waals surface area contributed by atoms with Gasteiger partial charge in [0.05, 0.1) is 5.56 Å². The molecule has 0 amide bonds. The van der Waals surface area contributed by atoms with Crippen LogP contribution in [0.2, 0.25) is 0 Å². The summed E-state index contributed by atoms with van der Waals surface area (Å²) in [6.45, 7) is 14.8. The van der Waals surface area contributed by atoms with Crippen molar-refractivity contribution in [3.8, 4) is 28.2 Å². The zero-order valence-corrected chi connectivity index (χ0v) is 23.7. The average molecular weight is 500 g/mol. The fourth-order valence-corrected chi connectivity index (χ4v) is 6.48. The third-order valence-electron chi connectivity index (χ3n) is 8.42. The maximum Gasteiger partial charge on any atom is 0.294 e. The van der Waals surface area contributed by atoms with Gasteiger partial charge in [0.2, 0.25) is 0 Å². The SMILES string of the molecule is CC1=CCCC(C)=C1c1cccc(-c2cc(C(C)C)c(-n3cc[n+]4c3-c3ccccc3C4)c(C(C)C)c2)c1. The van der Waals surface area contributed by atoms with Crippen LogP contribution in [0.5, 0.6) is 0 Å². The predicted molar refractivity (Wildman–Crippen MR) is 160 cm³/mol. The number of imidazole rings is 1. The van der Waals surface area contributed by atoms with Crippen LogP contribution in [0.1, 0.15) is 88.5 Å². The summed E-state index contributed by atoms with van der Waals surface area (Å²) in [6.07, 6.45) is 9.22. The molecule has 0 radical (unpaired) electrons. The Morgan fingerprint density at radius 1 is 0.789 bits per heavy atom. The Morgan fingerprint density at radius 3 is 2.21 bits per heavy atom. The largest absolute Gasteiger partial charge is 0.294 e. The van der Waals surface area contributed by atoms with Gasteiger partial charge in [0.25, 0.3) is 5.82 Å². The molecule has 1 aromatic heterocycles. The number of hydrogen-bond acceptors (Lipinski definition) is 0. The first-order chi connectivity index (χ1) is 18.3. The number of hydrogen-bond donors (Lipinski definition) is 0. The molecule has 0 saturated carbocycles. The van der Waals surface area contributed by atoms with E-state index in [-0.39, 0.29) is 0 Å². The Labute approximate surface area is 228 Å². The molecule has 0 N–H and O–H groups in total. The molecule has 2 aliphatic rings. The monoisotopic (exact) mass is 499 g/mol. The Morgan fingerprint density at radius 2 is 1.50 bits per heavy atom.